The van der Waals surface area contributed by atoms with E-state index in [0.29, 0.717) is 5.92 Å². The maximum atomic E-state index is 4.47. The van der Waals surface area contributed by atoms with Crippen LogP contribution < -0.4 is 0 Å². The van der Waals surface area contributed by atoms with Gasteiger partial charge >= 0.3 is 0 Å². The van der Waals surface area contributed by atoms with E-state index in [1.165, 1.54) is 18.4 Å². The Bertz CT molecular complexity index is 795. The fraction of sp³-hybridized carbons (Fsp3) is 0.222. The van der Waals surface area contributed by atoms with Crippen molar-refractivity contribution in [3.05, 3.63) is 70.5 Å². The fourth-order valence-corrected chi connectivity index (χ4v) is 3.71. The molecule has 2 aromatic carbocycles. The molecule has 1 saturated carbocycles. The molecule has 1 aromatic heterocycles. The molecular weight excluding hydrogens is 370 g/mol. The highest BCUT2D eigenvalue weighted by atomic mass is 79.9. The molecule has 1 aliphatic carbocycles. The van der Waals surface area contributed by atoms with Crippen LogP contribution in [0.1, 0.15) is 30.1 Å². The normalized spacial score (nSPS) is 14.1. The van der Waals surface area contributed by atoms with Crippen molar-refractivity contribution in [3.8, 4) is 5.69 Å². The van der Waals surface area contributed by atoms with E-state index in [1.54, 1.807) is 11.8 Å². The Morgan fingerprint density at radius 1 is 1.00 bits per heavy atom. The summed E-state index contributed by atoms with van der Waals surface area (Å²) in [6, 6.07) is 18.9. The van der Waals surface area contributed by atoms with Crippen LogP contribution in [-0.4, -0.2) is 14.8 Å². The van der Waals surface area contributed by atoms with Gasteiger partial charge in [-0.05, 0) is 42.7 Å². The van der Waals surface area contributed by atoms with Crippen LogP contribution in [0.4, 0.5) is 0 Å². The summed E-state index contributed by atoms with van der Waals surface area (Å²) in [5, 5.41) is 9.89. The lowest BCUT2D eigenvalue weighted by Crippen LogP contribution is -2.01. The number of rotatable bonds is 5. The molecule has 0 unspecified atom stereocenters. The fourth-order valence-electron chi connectivity index (χ4n) is 2.53. The molecule has 116 valence electrons. The number of benzene rings is 2. The summed E-state index contributed by atoms with van der Waals surface area (Å²) in [5.41, 5.74) is 2.44. The second kappa shape index (κ2) is 6.49. The van der Waals surface area contributed by atoms with Crippen LogP contribution in [0.5, 0.6) is 0 Å². The molecule has 5 heteroatoms. The third kappa shape index (κ3) is 3.35. The molecule has 0 spiro atoms. The topological polar surface area (TPSA) is 30.7 Å². The molecule has 0 bridgehead atoms. The Labute approximate surface area is 148 Å². The zero-order valence-electron chi connectivity index (χ0n) is 12.5. The molecular formula is C18H16BrN3S. The molecule has 0 aliphatic heterocycles. The third-order valence-electron chi connectivity index (χ3n) is 3.90. The van der Waals surface area contributed by atoms with Crippen LogP contribution >= 0.6 is 27.7 Å². The van der Waals surface area contributed by atoms with Crippen LogP contribution in [-0.2, 0) is 5.75 Å². The van der Waals surface area contributed by atoms with Crippen molar-refractivity contribution in [2.75, 3.05) is 0 Å². The molecule has 23 heavy (non-hydrogen) atoms. The highest BCUT2D eigenvalue weighted by molar-refractivity contribution is 9.10. The number of para-hydroxylation sites is 1. The summed E-state index contributed by atoms with van der Waals surface area (Å²) in [6.07, 6.45) is 2.45. The minimum atomic E-state index is 0.574. The van der Waals surface area contributed by atoms with Gasteiger partial charge in [0.1, 0.15) is 5.82 Å². The van der Waals surface area contributed by atoms with Gasteiger partial charge in [-0.25, -0.2) is 0 Å². The van der Waals surface area contributed by atoms with Gasteiger partial charge in [0, 0.05) is 21.8 Å². The maximum absolute atomic E-state index is 4.47. The van der Waals surface area contributed by atoms with E-state index in [-0.39, 0.29) is 0 Å². The van der Waals surface area contributed by atoms with Crippen molar-refractivity contribution in [1.82, 2.24) is 14.8 Å². The van der Waals surface area contributed by atoms with E-state index < -0.39 is 0 Å². The van der Waals surface area contributed by atoms with E-state index >= 15 is 0 Å². The molecule has 1 heterocycles. The van der Waals surface area contributed by atoms with Gasteiger partial charge in [0.05, 0.1) is 0 Å². The average Bonchev–Trinajstić information content (AvgIpc) is 3.35. The predicted molar refractivity (Wildman–Crippen MR) is 97.0 cm³/mol. The van der Waals surface area contributed by atoms with Gasteiger partial charge in [-0.2, -0.15) is 0 Å². The van der Waals surface area contributed by atoms with Crippen molar-refractivity contribution in [1.29, 1.82) is 0 Å². The average molecular weight is 386 g/mol. The molecule has 0 atom stereocenters. The quantitative estimate of drug-likeness (QED) is 0.565. The molecule has 0 saturated heterocycles. The largest absolute Gasteiger partial charge is 0.274 e. The number of aromatic nitrogens is 3. The van der Waals surface area contributed by atoms with Gasteiger partial charge < -0.3 is 0 Å². The molecule has 0 N–H and O–H groups in total. The van der Waals surface area contributed by atoms with E-state index in [2.05, 4.69) is 79.2 Å². The van der Waals surface area contributed by atoms with Gasteiger partial charge in [-0.15, -0.1) is 10.2 Å². The molecule has 0 amide bonds. The summed E-state index contributed by atoms with van der Waals surface area (Å²) < 4.78 is 3.33. The van der Waals surface area contributed by atoms with Crippen molar-refractivity contribution in [2.45, 2.75) is 29.7 Å². The minimum absolute atomic E-state index is 0.574. The Morgan fingerprint density at radius 3 is 2.43 bits per heavy atom. The predicted octanol–water partition coefficient (Wildman–Crippen LogP) is 5.20. The van der Waals surface area contributed by atoms with Crippen LogP contribution in [0, 0.1) is 0 Å². The molecule has 0 radical (unpaired) electrons. The Morgan fingerprint density at radius 2 is 1.74 bits per heavy atom. The van der Waals surface area contributed by atoms with Crippen LogP contribution in [0.3, 0.4) is 0 Å². The second-order valence-corrected chi connectivity index (χ2v) is 7.56. The Kier molecular flexibility index (Phi) is 4.23. The number of thioether (sulfide) groups is 1. The standard InChI is InChI=1S/C18H16BrN3S/c19-15-10-6-13(7-11-15)12-23-18-21-20-17(14-8-9-14)22(18)16-4-2-1-3-5-16/h1-7,10-11,14H,8-9,12H2. The van der Waals surface area contributed by atoms with Gasteiger partial charge in [0.2, 0.25) is 0 Å². The molecule has 4 rings (SSSR count). The van der Waals surface area contributed by atoms with E-state index in [9.17, 15) is 0 Å². The lowest BCUT2D eigenvalue weighted by atomic mass is 10.2. The summed E-state index contributed by atoms with van der Waals surface area (Å²) >= 11 is 5.22. The SMILES string of the molecule is Brc1ccc(CSc2nnc(C3CC3)n2-c2ccccc2)cc1. The van der Waals surface area contributed by atoms with Crippen LogP contribution in [0.2, 0.25) is 0 Å². The summed E-state index contributed by atoms with van der Waals surface area (Å²) in [6.45, 7) is 0. The first-order valence-corrected chi connectivity index (χ1v) is 9.47. The number of hydrogen-bond donors (Lipinski definition) is 0. The molecule has 1 aliphatic rings. The van der Waals surface area contributed by atoms with Gasteiger partial charge in [0.25, 0.3) is 0 Å². The lowest BCUT2D eigenvalue weighted by molar-refractivity contribution is 0.829. The zero-order valence-corrected chi connectivity index (χ0v) is 14.9. The van der Waals surface area contributed by atoms with Crippen LogP contribution in [0.15, 0.2) is 64.2 Å². The zero-order chi connectivity index (χ0) is 15.6. The van der Waals surface area contributed by atoms with Crippen molar-refractivity contribution in [3.63, 3.8) is 0 Å². The van der Waals surface area contributed by atoms with Crippen molar-refractivity contribution in [2.24, 2.45) is 0 Å². The van der Waals surface area contributed by atoms with E-state index in [0.717, 1.165) is 26.9 Å². The Balaban J connectivity index is 1.62. The molecule has 1 fully saturated rings. The minimum Gasteiger partial charge on any atom is -0.274 e. The highest BCUT2D eigenvalue weighted by Gasteiger charge is 2.30. The number of hydrogen-bond acceptors (Lipinski definition) is 3. The first-order chi connectivity index (χ1) is 11.3. The van der Waals surface area contributed by atoms with Gasteiger partial charge in [-0.1, -0.05) is 58.0 Å². The lowest BCUT2D eigenvalue weighted by Gasteiger charge is -2.09. The van der Waals surface area contributed by atoms with Gasteiger partial charge in [-0.3, -0.25) is 4.57 Å². The Hall–Kier alpha value is -1.59. The first-order valence-electron chi connectivity index (χ1n) is 7.69. The van der Waals surface area contributed by atoms with E-state index in [1.807, 2.05) is 6.07 Å². The molecule has 3 nitrogen and oxygen atoms in total. The number of nitrogens with zero attached hydrogens (tertiary/aromatic N) is 3. The van der Waals surface area contributed by atoms with Gasteiger partial charge in [0.15, 0.2) is 5.16 Å². The highest BCUT2D eigenvalue weighted by Crippen LogP contribution is 2.41. The second-order valence-electron chi connectivity index (χ2n) is 5.70. The third-order valence-corrected chi connectivity index (χ3v) is 5.43. The van der Waals surface area contributed by atoms with Crippen molar-refractivity contribution >= 4 is 27.7 Å². The summed E-state index contributed by atoms with van der Waals surface area (Å²) in [5.74, 6) is 2.57. The number of halogens is 1. The van der Waals surface area contributed by atoms with Crippen molar-refractivity contribution < 1.29 is 0 Å². The monoisotopic (exact) mass is 385 g/mol. The summed E-state index contributed by atoms with van der Waals surface area (Å²) in [7, 11) is 0. The maximum Gasteiger partial charge on any atom is 0.196 e. The summed E-state index contributed by atoms with van der Waals surface area (Å²) in [4.78, 5) is 0. The smallest absolute Gasteiger partial charge is 0.196 e. The van der Waals surface area contributed by atoms with Crippen LogP contribution in [0.25, 0.3) is 5.69 Å². The molecule has 3 aromatic rings. The first kappa shape index (κ1) is 15.0. The van der Waals surface area contributed by atoms with E-state index in [4.69, 9.17) is 0 Å².